The lowest BCUT2D eigenvalue weighted by Crippen LogP contribution is -2.54. The fourth-order valence-electron chi connectivity index (χ4n) is 4.09. The summed E-state index contributed by atoms with van der Waals surface area (Å²) in [4.78, 5) is 24.4. The lowest BCUT2D eigenvalue weighted by Gasteiger charge is -2.26. The third kappa shape index (κ3) is 4.14. The van der Waals surface area contributed by atoms with Crippen LogP contribution in [0.5, 0.6) is 0 Å². The van der Waals surface area contributed by atoms with Crippen LogP contribution in [0.4, 0.5) is 9.18 Å². The Kier molecular flexibility index (Phi) is 5.46. The molecule has 1 aliphatic carbocycles. The maximum absolute atomic E-state index is 13.5. The van der Waals surface area contributed by atoms with Gasteiger partial charge in [0.1, 0.15) is 18.0 Å². The molecule has 4 rings (SSSR count). The number of alkyl carbamates (subject to hydrolysis) is 1. The number of benzene rings is 3. The topological polar surface area (TPSA) is 75.6 Å². The maximum Gasteiger partial charge on any atom is 0.408 e. The number of aliphatic carboxylic acids is 1. The molecule has 2 N–H and O–H groups in total. The van der Waals surface area contributed by atoms with E-state index in [1.165, 1.54) is 25.1 Å². The molecule has 3 aromatic carbocycles. The van der Waals surface area contributed by atoms with Crippen LogP contribution in [0.3, 0.4) is 0 Å². The highest BCUT2D eigenvalue weighted by molar-refractivity contribution is 5.84. The van der Waals surface area contributed by atoms with Crippen LogP contribution < -0.4 is 5.32 Å². The summed E-state index contributed by atoms with van der Waals surface area (Å²) in [6.07, 6.45) is -0.909. The monoisotopic (exact) mass is 419 g/mol. The number of ether oxygens (including phenoxy) is 1. The van der Waals surface area contributed by atoms with Crippen molar-refractivity contribution in [2.45, 2.75) is 24.8 Å². The van der Waals surface area contributed by atoms with Crippen LogP contribution in [0.15, 0.2) is 72.8 Å². The summed E-state index contributed by atoms with van der Waals surface area (Å²) in [7, 11) is 0. The first-order chi connectivity index (χ1) is 14.9. The third-order valence-electron chi connectivity index (χ3n) is 5.64. The number of nitrogens with one attached hydrogen (secondary N) is 1. The molecule has 31 heavy (non-hydrogen) atoms. The van der Waals surface area contributed by atoms with Gasteiger partial charge in [-0.15, -0.1) is 0 Å². The Balaban J connectivity index is 1.47. The van der Waals surface area contributed by atoms with Gasteiger partial charge in [0.15, 0.2) is 0 Å². The summed E-state index contributed by atoms with van der Waals surface area (Å²) < 4.78 is 18.9. The number of hydrogen-bond donors (Lipinski definition) is 2. The lowest BCUT2D eigenvalue weighted by atomic mass is 9.93. The van der Waals surface area contributed by atoms with Crippen LogP contribution >= 0.6 is 0 Å². The minimum Gasteiger partial charge on any atom is -0.480 e. The molecule has 0 saturated carbocycles. The zero-order chi connectivity index (χ0) is 22.0. The van der Waals surface area contributed by atoms with E-state index in [1.807, 2.05) is 48.5 Å². The average molecular weight is 419 g/mol. The van der Waals surface area contributed by atoms with Crippen molar-refractivity contribution in [3.63, 3.8) is 0 Å². The molecule has 0 aromatic heterocycles. The molecular weight excluding hydrogens is 397 g/mol. The highest BCUT2D eigenvalue weighted by Gasteiger charge is 2.36. The number of carboxylic acids is 1. The number of fused-ring (bicyclic) bond motifs is 3. The highest BCUT2D eigenvalue weighted by Crippen LogP contribution is 2.44. The van der Waals surface area contributed by atoms with Crippen molar-refractivity contribution in [1.82, 2.24) is 5.32 Å². The van der Waals surface area contributed by atoms with Gasteiger partial charge in [0.2, 0.25) is 0 Å². The van der Waals surface area contributed by atoms with Crippen LogP contribution in [-0.4, -0.2) is 29.3 Å². The summed E-state index contributed by atoms with van der Waals surface area (Å²) in [6, 6.07) is 21.6. The molecule has 1 atom stereocenters. The molecule has 3 aromatic rings. The molecule has 5 nitrogen and oxygen atoms in total. The van der Waals surface area contributed by atoms with Crippen LogP contribution in [0.2, 0.25) is 0 Å². The molecular formula is C25H22FNO4. The molecule has 0 saturated heterocycles. The Hall–Kier alpha value is -3.67. The summed E-state index contributed by atoms with van der Waals surface area (Å²) in [5.41, 5.74) is 3.16. The molecule has 0 aliphatic heterocycles. The molecule has 1 amide bonds. The quantitative estimate of drug-likeness (QED) is 0.605. The van der Waals surface area contributed by atoms with E-state index >= 15 is 0 Å². The first-order valence-corrected chi connectivity index (χ1v) is 9.98. The van der Waals surface area contributed by atoms with Gasteiger partial charge in [0.05, 0.1) is 0 Å². The second-order valence-electron chi connectivity index (χ2n) is 7.89. The predicted molar refractivity (Wildman–Crippen MR) is 114 cm³/mol. The average Bonchev–Trinajstić information content (AvgIpc) is 3.06. The highest BCUT2D eigenvalue weighted by atomic mass is 19.1. The van der Waals surface area contributed by atoms with E-state index in [2.05, 4.69) is 5.32 Å². The van der Waals surface area contributed by atoms with E-state index in [1.54, 1.807) is 6.07 Å². The normalized spacial score (nSPS) is 14.3. The number of halogens is 1. The Morgan fingerprint density at radius 2 is 1.61 bits per heavy atom. The predicted octanol–water partition coefficient (Wildman–Crippen LogP) is 4.75. The lowest BCUT2D eigenvalue weighted by molar-refractivity contribution is -0.143. The maximum atomic E-state index is 13.5. The molecule has 0 bridgehead atoms. The SMILES string of the molecule is CC(Cc1cccc(F)c1)(NC(=O)OCC1c2ccccc2-c2ccccc21)C(=O)O. The smallest absolute Gasteiger partial charge is 0.408 e. The largest absolute Gasteiger partial charge is 0.480 e. The fraction of sp³-hybridized carbons (Fsp3) is 0.200. The van der Waals surface area contributed by atoms with Crippen molar-refractivity contribution in [1.29, 1.82) is 0 Å². The second-order valence-corrected chi connectivity index (χ2v) is 7.89. The Labute approximate surface area is 179 Å². The van der Waals surface area contributed by atoms with Gasteiger partial charge in [-0.1, -0.05) is 60.7 Å². The van der Waals surface area contributed by atoms with Crippen molar-refractivity contribution in [3.05, 3.63) is 95.3 Å². The minimum absolute atomic E-state index is 0.0789. The van der Waals surface area contributed by atoms with Crippen molar-refractivity contribution in [2.75, 3.05) is 6.61 Å². The first-order valence-electron chi connectivity index (χ1n) is 9.98. The van der Waals surface area contributed by atoms with Crippen molar-refractivity contribution >= 4 is 12.1 Å². The van der Waals surface area contributed by atoms with E-state index in [4.69, 9.17) is 4.74 Å². The van der Waals surface area contributed by atoms with Gasteiger partial charge in [-0.2, -0.15) is 0 Å². The van der Waals surface area contributed by atoms with Gasteiger partial charge < -0.3 is 15.2 Å². The number of hydrogen-bond acceptors (Lipinski definition) is 3. The molecule has 0 heterocycles. The Bertz CT molecular complexity index is 1100. The Morgan fingerprint density at radius 3 is 2.19 bits per heavy atom. The molecule has 0 spiro atoms. The summed E-state index contributed by atoms with van der Waals surface area (Å²) in [5, 5.41) is 12.1. The summed E-state index contributed by atoms with van der Waals surface area (Å²) >= 11 is 0. The number of carboxylic acid groups (broad SMARTS) is 1. The van der Waals surface area contributed by atoms with Crippen LogP contribution in [0.25, 0.3) is 11.1 Å². The number of carbonyl (C=O) groups is 2. The van der Waals surface area contributed by atoms with E-state index in [0.29, 0.717) is 5.56 Å². The van der Waals surface area contributed by atoms with Crippen LogP contribution in [-0.2, 0) is 16.0 Å². The van der Waals surface area contributed by atoms with Crippen molar-refractivity contribution < 1.29 is 23.8 Å². The molecule has 158 valence electrons. The van der Waals surface area contributed by atoms with E-state index in [-0.39, 0.29) is 18.9 Å². The number of rotatable bonds is 6. The molecule has 0 fully saturated rings. The van der Waals surface area contributed by atoms with Gasteiger partial charge in [0, 0.05) is 12.3 Å². The van der Waals surface area contributed by atoms with Crippen molar-refractivity contribution in [3.8, 4) is 11.1 Å². The van der Waals surface area contributed by atoms with Crippen LogP contribution in [0, 0.1) is 5.82 Å². The second kappa shape index (κ2) is 8.22. The van der Waals surface area contributed by atoms with Crippen LogP contribution in [0.1, 0.15) is 29.5 Å². The molecule has 0 radical (unpaired) electrons. The minimum atomic E-state index is -1.64. The summed E-state index contributed by atoms with van der Waals surface area (Å²) in [6.45, 7) is 1.46. The zero-order valence-corrected chi connectivity index (χ0v) is 17.0. The van der Waals surface area contributed by atoms with Crippen molar-refractivity contribution in [2.24, 2.45) is 0 Å². The first kappa shape index (κ1) is 20.6. The molecule has 6 heteroatoms. The fourth-order valence-corrected chi connectivity index (χ4v) is 4.09. The van der Waals surface area contributed by atoms with Gasteiger partial charge in [-0.05, 0) is 46.9 Å². The van der Waals surface area contributed by atoms with Gasteiger partial charge in [-0.3, -0.25) is 0 Å². The van der Waals surface area contributed by atoms with Gasteiger partial charge in [-0.25, -0.2) is 14.0 Å². The third-order valence-corrected chi connectivity index (χ3v) is 5.64. The standard InChI is InChI=1S/C25H22FNO4/c1-25(23(28)29,14-16-7-6-8-17(26)13-16)27-24(30)31-15-22-20-11-4-2-9-18(20)19-10-3-5-12-21(19)22/h2-13,22H,14-15H2,1H3,(H,27,30)(H,28,29). The van der Waals surface area contributed by atoms with Gasteiger partial charge in [0.25, 0.3) is 0 Å². The molecule has 1 unspecified atom stereocenters. The number of carbonyl (C=O) groups excluding carboxylic acids is 1. The van der Waals surface area contributed by atoms with E-state index < -0.39 is 23.4 Å². The molecule has 1 aliphatic rings. The van der Waals surface area contributed by atoms with E-state index in [0.717, 1.165) is 22.3 Å². The van der Waals surface area contributed by atoms with Gasteiger partial charge >= 0.3 is 12.1 Å². The number of amides is 1. The zero-order valence-electron chi connectivity index (χ0n) is 17.0. The van der Waals surface area contributed by atoms with E-state index in [9.17, 15) is 19.1 Å². The Morgan fingerprint density at radius 1 is 1.00 bits per heavy atom. The summed E-state index contributed by atoms with van der Waals surface area (Å²) in [5.74, 6) is -1.82.